The molecule has 1 aliphatic rings. The molecule has 5 nitrogen and oxygen atoms in total. The molecule has 32 heavy (non-hydrogen) atoms. The van der Waals surface area contributed by atoms with Gasteiger partial charge in [0.25, 0.3) is 0 Å². The molecule has 1 aromatic carbocycles. The predicted molar refractivity (Wildman–Crippen MR) is 139 cm³/mol. The van der Waals surface area contributed by atoms with E-state index < -0.39 is 0 Å². The smallest absolute Gasteiger partial charge is 0.198 e. The Kier molecular flexibility index (Phi) is 13.9. The van der Waals surface area contributed by atoms with Crippen LogP contribution in [0.15, 0.2) is 29.3 Å². The van der Waals surface area contributed by atoms with Crippen molar-refractivity contribution in [2.45, 2.75) is 103 Å². The lowest BCUT2D eigenvalue weighted by Crippen LogP contribution is -2.46. The first-order valence-corrected chi connectivity index (χ1v) is 13.3. The van der Waals surface area contributed by atoms with Crippen molar-refractivity contribution in [3.05, 3.63) is 24.3 Å². The summed E-state index contributed by atoms with van der Waals surface area (Å²) in [6.45, 7) is 7.88. The van der Waals surface area contributed by atoms with E-state index in [1.165, 1.54) is 64.2 Å². The molecule has 0 spiro atoms. The maximum atomic E-state index is 5.96. The van der Waals surface area contributed by atoms with E-state index in [1.54, 1.807) is 0 Å². The number of ether oxygens (including phenoxy) is 1. The Hall–Kier alpha value is -1.75. The third-order valence-electron chi connectivity index (χ3n) is 6.37. The zero-order valence-corrected chi connectivity index (χ0v) is 20.8. The lowest BCUT2D eigenvalue weighted by Gasteiger charge is -2.37. The number of nitrogens with one attached hydrogen (secondary N) is 1. The normalized spacial score (nSPS) is 16.9. The van der Waals surface area contributed by atoms with E-state index in [2.05, 4.69) is 48.3 Å². The van der Waals surface area contributed by atoms with Gasteiger partial charge in [-0.05, 0) is 69.3 Å². The van der Waals surface area contributed by atoms with Crippen LogP contribution in [-0.2, 0) is 0 Å². The number of hydrogen-bond acceptors (Lipinski definition) is 3. The van der Waals surface area contributed by atoms with Gasteiger partial charge in [-0.2, -0.15) is 0 Å². The van der Waals surface area contributed by atoms with E-state index in [-0.39, 0.29) is 0 Å². The van der Waals surface area contributed by atoms with Crippen LogP contribution in [0, 0.1) is 0 Å². The van der Waals surface area contributed by atoms with Crippen LogP contribution in [-0.4, -0.2) is 43.1 Å². The second kappa shape index (κ2) is 16.8. The van der Waals surface area contributed by atoms with E-state index in [9.17, 15) is 0 Å². The van der Waals surface area contributed by atoms with Gasteiger partial charge in [0.1, 0.15) is 5.75 Å². The molecule has 0 radical (unpaired) electrons. The molecule has 0 aromatic heterocycles. The maximum Gasteiger partial charge on any atom is 0.198 e. The van der Waals surface area contributed by atoms with Crippen LogP contribution in [0.1, 0.15) is 97.3 Å². The fourth-order valence-electron chi connectivity index (χ4n) is 4.37. The number of piperidine rings is 1. The van der Waals surface area contributed by atoms with Gasteiger partial charge in [0.2, 0.25) is 0 Å². The van der Waals surface area contributed by atoms with Crippen molar-refractivity contribution in [3.8, 4) is 5.75 Å². The van der Waals surface area contributed by atoms with E-state index in [0.717, 1.165) is 56.4 Å². The highest BCUT2D eigenvalue weighted by Crippen LogP contribution is 2.22. The lowest BCUT2D eigenvalue weighted by atomic mass is 10.0. The molecule has 1 atom stereocenters. The highest BCUT2D eigenvalue weighted by molar-refractivity contribution is 5.94. The number of nitrogens with two attached hydrogens (primary N) is 1. The van der Waals surface area contributed by atoms with E-state index >= 15 is 0 Å². The molecule has 3 N–H and O–H groups in total. The van der Waals surface area contributed by atoms with E-state index in [1.807, 2.05) is 0 Å². The van der Waals surface area contributed by atoms with Crippen LogP contribution in [0.2, 0.25) is 0 Å². The summed E-state index contributed by atoms with van der Waals surface area (Å²) >= 11 is 0. The molecule has 182 valence electrons. The molecule has 1 fully saturated rings. The first-order valence-electron chi connectivity index (χ1n) is 13.3. The third-order valence-corrected chi connectivity index (χ3v) is 6.37. The number of hydrogen-bond donors (Lipinski definition) is 2. The van der Waals surface area contributed by atoms with Crippen LogP contribution in [0.3, 0.4) is 0 Å². The van der Waals surface area contributed by atoms with Crippen molar-refractivity contribution >= 4 is 11.6 Å². The standard InChI is InChI=1S/C27H48N4O/c1-3-5-6-7-8-9-10-13-23-32-26-18-16-24(17-19-26)30-27(29-21-14-20-28)31-22-12-11-15-25(31)4-2/h16-19,25H,3-15,20-23,28H2,1-2H3,(H,29,30). The number of likely N-dealkylation sites (tertiary alicyclic amines) is 1. The molecular formula is C27H48N4O. The van der Waals surface area contributed by atoms with Gasteiger partial charge in [-0.25, -0.2) is 0 Å². The van der Waals surface area contributed by atoms with Crippen molar-refractivity contribution in [1.29, 1.82) is 0 Å². The van der Waals surface area contributed by atoms with Crippen LogP contribution in [0.4, 0.5) is 5.69 Å². The summed E-state index contributed by atoms with van der Waals surface area (Å²) in [5.74, 6) is 1.95. The van der Waals surface area contributed by atoms with Crippen molar-refractivity contribution in [2.24, 2.45) is 10.7 Å². The SMILES string of the molecule is CCCCCCCCCCOc1ccc(NC(=NCCCN)N2CCCCC2CC)cc1. The zero-order chi connectivity index (χ0) is 22.9. The van der Waals surface area contributed by atoms with Gasteiger partial charge in [0.15, 0.2) is 5.96 Å². The monoisotopic (exact) mass is 444 g/mol. The predicted octanol–water partition coefficient (Wildman–Crippen LogP) is 6.59. The van der Waals surface area contributed by atoms with Crippen LogP contribution < -0.4 is 15.8 Å². The Morgan fingerprint density at radius 1 is 1.00 bits per heavy atom. The summed E-state index contributed by atoms with van der Waals surface area (Å²) in [4.78, 5) is 7.34. The first kappa shape index (κ1) is 26.5. The summed E-state index contributed by atoms with van der Waals surface area (Å²) in [6.07, 6.45) is 16.5. The molecule has 1 aliphatic heterocycles. The number of rotatable bonds is 15. The number of benzene rings is 1. The van der Waals surface area contributed by atoms with Crippen LogP contribution in [0.5, 0.6) is 5.75 Å². The molecule has 1 saturated heterocycles. The molecule has 5 heteroatoms. The number of guanidine groups is 1. The van der Waals surface area contributed by atoms with Crippen molar-refractivity contribution < 1.29 is 4.74 Å². The molecule has 0 bridgehead atoms. The van der Waals surface area contributed by atoms with Gasteiger partial charge >= 0.3 is 0 Å². The van der Waals surface area contributed by atoms with E-state index in [4.69, 9.17) is 15.5 Å². The Bertz CT molecular complexity index is 617. The fourth-order valence-corrected chi connectivity index (χ4v) is 4.37. The maximum absolute atomic E-state index is 5.96. The molecule has 0 saturated carbocycles. The summed E-state index contributed by atoms with van der Waals surface area (Å²) in [7, 11) is 0. The minimum absolute atomic E-state index is 0.571. The van der Waals surface area contributed by atoms with Gasteiger partial charge in [0.05, 0.1) is 6.61 Å². The fraction of sp³-hybridized carbons (Fsp3) is 0.741. The minimum Gasteiger partial charge on any atom is -0.494 e. The van der Waals surface area contributed by atoms with Gasteiger partial charge in [-0.15, -0.1) is 0 Å². The quantitative estimate of drug-likeness (QED) is 0.182. The van der Waals surface area contributed by atoms with Gasteiger partial charge < -0.3 is 20.7 Å². The third kappa shape index (κ3) is 10.2. The molecule has 0 aliphatic carbocycles. The van der Waals surface area contributed by atoms with Crippen molar-refractivity contribution in [3.63, 3.8) is 0 Å². The van der Waals surface area contributed by atoms with Gasteiger partial charge in [0, 0.05) is 24.8 Å². The topological polar surface area (TPSA) is 62.9 Å². The Labute approximate surface area is 197 Å². The van der Waals surface area contributed by atoms with Crippen LogP contribution >= 0.6 is 0 Å². The van der Waals surface area contributed by atoms with E-state index in [0.29, 0.717) is 12.6 Å². The number of anilines is 1. The summed E-state index contributed by atoms with van der Waals surface area (Å²) in [5.41, 5.74) is 6.76. The molecule has 1 aromatic rings. The Morgan fingerprint density at radius 2 is 1.72 bits per heavy atom. The summed E-state index contributed by atoms with van der Waals surface area (Å²) in [6, 6.07) is 8.91. The highest BCUT2D eigenvalue weighted by atomic mass is 16.5. The largest absolute Gasteiger partial charge is 0.494 e. The average Bonchev–Trinajstić information content (AvgIpc) is 2.83. The lowest BCUT2D eigenvalue weighted by molar-refractivity contribution is 0.234. The van der Waals surface area contributed by atoms with Gasteiger partial charge in [-0.3, -0.25) is 4.99 Å². The molecule has 1 unspecified atom stereocenters. The second-order valence-corrected chi connectivity index (χ2v) is 9.07. The van der Waals surface area contributed by atoms with Crippen molar-refractivity contribution in [2.75, 3.05) is 31.6 Å². The van der Waals surface area contributed by atoms with Crippen molar-refractivity contribution in [1.82, 2.24) is 4.90 Å². The summed E-state index contributed by atoms with van der Waals surface area (Å²) < 4.78 is 5.96. The molecule has 2 rings (SSSR count). The highest BCUT2D eigenvalue weighted by Gasteiger charge is 2.24. The minimum atomic E-state index is 0.571. The summed E-state index contributed by atoms with van der Waals surface area (Å²) in [5, 5.41) is 3.58. The Balaban J connectivity index is 1.78. The van der Waals surface area contributed by atoms with Gasteiger partial charge in [-0.1, -0.05) is 58.8 Å². The average molecular weight is 445 g/mol. The molecule has 1 heterocycles. The Morgan fingerprint density at radius 3 is 2.41 bits per heavy atom. The number of aliphatic imine (C=N–C) groups is 1. The number of nitrogens with zero attached hydrogens (tertiary/aromatic N) is 2. The second-order valence-electron chi connectivity index (χ2n) is 9.07. The molecule has 0 amide bonds. The molecular weight excluding hydrogens is 396 g/mol. The zero-order valence-electron chi connectivity index (χ0n) is 20.8. The number of unbranched alkanes of at least 4 members (excludes halogenated alkanes) is 7. The van der Waals surface area contributed by atoms with Crippen LogP contribution in [0.25, 0.3) is 0 Å². The first-order chi connectivity index (χ1) is 15.8.